The van der Waals surface area contributed by atoms with Crippen molar-refractivity contribution < 1.29 is 18.6 Å². The van der Waals surface area contributed by atoms with E-state index in [1.165, 1.54) is 12.8 Å². The van der Waals surface area contributed by atoms with E-state index in [0.717, 1.165) is 23.1 Å². The first kappa shape index (κ1) is 19.0. The summed E-state index contributed by atoms with van der Waals surface area (Å²) in [5.41, 5.74) is 3.25. The van der Waals surface area contributed by atoms with Crippen LogP contribution in [0.5, 0.6) is 0 Å². The number of halogens is 1. The van der Waals surface area contributed by atoms with Crippen molar-refractivity contribution in [1.29, 1.82) is 0 Å². The smallest absolute Gasteiger partial charge is 0.184 e. The molecule has 0 bridgehead atoms. The van der Waals surface area contributed by atoms with E-state index in [4.69, 9.17) is 14.2 Å². The number of hydrogen-bond acceptors (Lipinski definition) is 3. The van der Waals surface area contributed by atoms with Gasteiger partial charge in [0.2, 0.25) is 0 Å². The van der Waals surface area contributed by atoms with E-state index in [2.05, 4.69) is 6.92 Å². The fourth-order valence-electron chi connectivity index (χ4n) is 3.34. The van der Waals surface area contributed by atoms with Crippen LogP contribution in [0, 0.1) is 11.7 Å². The Hall–Kier alpha value is -1.75. The molecule has 1 heterocycles. The highest BCUT2D eigenvalue weighted by Crippen LogP contribution is 2.34. The molecule has 0 spiro atoms. The average molecular weight is 358 g/mol. The fourth-order valence-corrected chi connectivity index (χ4v) is 3.34. The van der Waals surface area contributed by atoms with Crippen LogP contribution in [0.4, 0.5) is 4.39 Å². The van der Waals surface area contributed by atoms with Crippen molar-refractivity contribution in [3.63, 3.8) is 0 Å². The number of methoxy groups -OCH3 is 1. The molecule has 0 aromatic heterocycles. The summed E-state index contributed by atoms with van der Waals surface area (Å²) in [4.78, 5) is 0. The van der Waals surface area contributed by atoms with Crippen LogP contribution in [0.2, 0.25) is 0 Å². The maximum Gasteiger partial charge on any atom is 0.184 e. The quantitative estimate of drug-likeness (QED) is 0.655. The summed E-state index contributed by atoms with van der Waals surface area (Å²) in [6.07, 6.45) is 3.13. The highest BCUT2D eigenvalue weighted by atomic mass is 19.1. The van der Waals surface area contributed by atoms with Gasteiger partial charge in [0.15, 0.2) is 6.29 Å². The van der Waals surface area contributed by atoms with Crippen LogP contribution in [0.25, 0.3) is 11.1 Å². The zero-order chi connectivity index (χ0) is 18.4. The highest BCUT2D eigenvalue weighted by Gasteiger charge is 2.25. The van der Waals surface area contributed by atoms with Gasteiger partial charge in [-0.2, -0.15) is 0 Å². The third-order valence-corrected chi connectivity index (χ3v) is 4.81. The van der Waals surface area contributed by atoms with Gasteiger partial charge in [0.25, 0.3) is 0 Å². The van der Waals surface area contributed by atoms with Gasteiger partial charge in [-0.25, -0.2) is 4.39 Å². The van der Waals surface area contributed by atoms with Gasteiger partial charge in [-0.15, -0.1) is 0 Å². The molecule has 0 unspecified atom stereocenters. The van der Waals surface area contributed by atoms with Gasteiger partial charge in [-0.1, -0.05) is 56.2 Å². The Morgan fingerprint density at radius 1 is 1.12 bits per heavy atom. The Morgan fingerprint density at radius 2 is 1.88 bits per heavy atom. The number of hydrogen-bond donors (Lipinski definition) is 0. The molecule has 1 aliphatic heterocycles. The molecule has 3 rings (SSSR count). The van der Waals surface area contributed by atoms with Gasteiger partial charge >= 0.3 is 0 Å². The molecular formula is C22H27FO3. The zero-order valence-corrected chi connectivity index (χ0v) is 15.5. The summed E-state index contributed by atoms with van der Waals surface area (Å²) in [7, 11) is 1.56. The Balaban J connectivity index is 1.78. The van der Waals surface area contributed by atoms with E-state index in [1.54, 1.807) is 19.2 Å². The second kappa shape index (κ2) is 9.26. The minimum atomic E-state index is -0.397. The molecular weight excluding hydrogens is 331 g/mol. The number of ether oxygens (including phenoxy) is 3. The summed E-state index contributed by atoms with van der Waals surface area (Å²) in [6.45, 7) is 3.88. The van der Waals surface area contributed by atoms with Gasteiger partial charge in [0.05, 0.1) is 19.8 Å². The van der Waals surface area contributed by atoms with Crippen molar-refractivity contribution in [2.45, 2.75) is 39.1 Å². The van der Waals surface area contributed by atoms with Gasteiger partial charge in [0, 0.05) is 24.2 Å². The Kier molecular flexibility index (Phi) is 6.78. The summed E-state index contributed by atoms with van der Waals surface area (Å²) < 4.78 is 31.3. The Bertz CT molecular complexity index is 708. The second-order valence-electron chi connectivity index (χ2n) is 6.83. The topological polar surface area (TPSA) is 27.7 Å². The van der Waals surface area contributed by atoms with Crippen molar-refractivity contribution in [2.24, 2.45) is 5.92 Å². The monoisotopic (exact) mass is 358 g/mol. The minimum absolute atomic E-state index is 0.260. The maximum absolute atomic E-state index is 14.3. The fraction of sp³-hybridized carbons (Fsp3) is 0.455. The molecule has 3 nitrogen and oxygen atoms in total. The predicted molar refractivity (Wildman–Crippen MR) is 100 cm³/mol. The first-order valence-electron chi connectivity index (χ1n) is 9.32. The lowest BCUT2D eigenvalue weighted by atomic mass is 9.97. The lowest BCUT2D eigenvalue weighted by Gasteiger charge is -2.30. The van der Waals surface area contributed by atoms with Gasteiger partial charge in [-0.05, 0) is 23.6 Å². The van der Waals surface area contributed by atoms with Gasteiger partial charge < -0.3 is 14.2 Å². The van der Waals surface area contributed by atoms with Crippen molar-refractivity contribution in [3.8, 4) is 11.1 Å². The molecule has 2 aromatic carbocycles. The van der Waals surface area contributed by atoms with Crippen LogP contribution in [-0.2, 0) is 20.8 Å². The van der Waals surface area contributed by atoms with Crippen LogP contribution in [-0.4, -0.2) is 20.3 Å². The van der Waals surface area contributed by atoms with E-state index >= 15 is 0 Å². The molecule has 26 heavy (non-hydrogen) atoms. The largest absolute Gasteiger partial charge is 0.380 e. The maximum atomic E-state index is 14.3. The zero-order valence-electron chi connectivity index (χ0n) is 15.5. The van der Waals surface area contributed by atoms with Crippen LogP contribution in [0.3, 0.4) is 0 Å². The molecule has 0 amide bonds. The lowest BCUT2D eigenvalue weighted by Crippen LogP contribution is -2.27. The number of rotatable bonds is 7. The van der Waals surface area contributed by atoms with Crippen LogP contribution in [0.15, 0.2) is 42.5 Å². The lowest BCUT2D eigenvalue weighted by molar-refractivity contribution is -0.205. The van der Waals surface area contributed by atoms with Gasteiger partial charge in [-0.3, -0.25) is 0 Å². The Morgan fingerprint density at radius 3 is 2.58 bits per heavy atom. The van der Waals surface area contributed by atoms with Crippen molar-refractivity contribution in [2.75, 3.05) is 20.3 Å². The summed E-state index contributed by atoms with van der Waals surface area (Å²) in [5, 5.41) is 0. The molecule has 140 valence electrons. The minimum Gasteiger partial charge on any atom is -0.380 e. The molecule has 1 saturated heterocycles. The molecule has 0 radical (unpaired) electrons. The van der Waals surface area contributed by atoms with E-state index in [9.17, 15) is 4.39 Å². The third-order valence-electron chi connectivity index (χ3n) is 4.81. The van der Waals surface area contributed by atoms with E-state index in [1.807, 2.05) is 30.3 Å². The number of unbranched alkanes of at least 4 members (excludes halogenated alkanes) is 1. The van der Waals surface area contributed by atoms with E-state index in [0.29, 0.717) is 24.7 Å². The van der Waals surface area contributed by atoms with Gasteiger partial charge in [0.1, 0.15) is 5.82 Å². The van der Waals surface area contributed by atoms with E-state index < -0.39 is 6.29 Å². The molecule has 1 fully saturated rings. The summed E-state index contributed by atoms with van der Waals surface area (Å²) in [6, 6.07) is 13.1. The third kappa shape index (κ3) is 4.50. The highest BCUT2D eigenvalue weighted by molar-refractivity contribution is 5.68. The second-order valence-corrected chi connectivity index (χ2v) is 6.83. The van der Waals surface area contributed by atoms with E-state index in [-0.39, 0.29) is 12.4 Å². The summed E-state index contributed by atoms with van der Waals surface area (Å²) >= 11 is 0. The molecule has 0 saturated carbocycles. The standard InChI is InChI=1S/C22H27FO3/c1-3-4-7-16-13-25-22(26-14-16)20-9-6-5-8-19(20)17-10-11-18(15-24-2)21(23)12-17/h5-6,8-12,16,22H,3-4,7,13-15H2,1-2H3. The van der Waals surface area contributed by atoms with Crippen molar-refractivity contribution in [1.82, 2.24) is 0 Å². The van der Waals surface area contributed by atoms with Crippen LogP contribution < -0.4 is 0 Å². The summed E-state index contributed by atoms with van der Waals surface area (Å²) in [5.74, 6) is 0.202. The molecule has 2 aromatic rings. The predicted octanol–water partition coefficient (Wildman–Crippen LogP) is 5.49. The van der Waals surface area contributed by atoms with Crippen LogP contribution in [0.1, 0.15) is 43.6 Å². The molecule has 0 atom stereocenters. The molecule has 0 aliphatic carbocycles. The average Bonchev–Trinajstić information content (AvgIpc) is 2.68. The molecule has 1 aliphatic rings. The van der Waals surface area contributed by atoms with Crippen molar-refractivity contribution in [3.05, 3.63) is 59.4 Å². The molecule has 4 heteroatoms. The number of benzene rings is 2. The SMILES string of the molecule is CCCCC1COC(c2ccccc2-c2ccc(COC)c(F)c2)OC1. The molecule has 0 N–H and O–H groups in total. The van der Waals surface area contributed by atoms with Crippen LogP contribution >= 0.6 is 0 Å². The van der Waals surface area contributed by atoms with Crippen molar-refractivity contribution >= 4 is 0 Å². The first-order valence-corrected chi connectivity index (χ1v) is 9.32. The Labute approximate surface area is 155 Å². The first-order chi connectivity index (χ1) is 12.7. The normalized spacial score (nSPS) is 20.3.